The molecule has 0 amide bonds. The van der Waals surface area contributed by atoms with Crippen LogP contribution in [0.2, 0.25) is 0 Å². The molecule has 22 heavy (non-hydrogen) atoms. The molecule has 4 heteroatoms. The number of rotatable bonds is 3. The number of hydrogen-bond donors (Lipinski definition) is 0. The van der Waals surface area contributed by atoms with Crippen LogP contribution in [0.25, 0.3) is 0 Å². The molecule has 1 aromatic carbocycles. The number of nitrogens with zero attached hydrogens (tertiary/aromatic N) is 3. The Labute approximate surface area is 141 Å². The first-order valence-corrected chi connectivity index (χ1v) is 8.59. The van der Waals surface area contributed by atoms with Gasteiger partial charge < -0.3 is 4.90 Å². The summed E-state index contributed by atoms with van der Waals surface area (Å²) in [6.45, 7) is 8.52. The van der Waals surface area contributed by atoms with Gasteiger partial charge in [0.2, 0.25) is 0 Å². The summed E-state index contributed by atoms with van der Waals surface area (Å²) in [5.74, 6) is 1.09. The summed E-state index contributed by atoms with van der Waals surface area (Å²) in [6.07, 6.45) is 0. The Morgan fingerprint density at radius 2 is 1.91 bits per heavy atom. The van der Waals surface area contributed by atoms with Crippen LogP contribution in [0.15, 0.2) is 46.9 Å². The van der Waals surface area contributed by atoms with E-state index in [-0.39, 0.29) is 0 Å². The van der Waals surface area contributed by atoms with Gasteiger partial charge in [-0.1, -0.05) is 30.3 Å². The fourth-order valence-electron chi connectivity index (χ4n) is 2.96. The lowest BCUT2D eigenvalue weighted by Gasteiger charge is -2.40. The minimum absolute atomic E-state index is 0.528. The molecule has 1 atom stereocenters. The zero-order valence-corrected chi connectivity index (χ0v) is 14.8. The van der Waals surface area contributed by atoms with Crippen molar-refractivity contribution in [3.8, 4) is 0 Å². The number of piperazine rings is 1. The third-order valence-corrected chi connectivity index (χ3v) is 5.16. The van der Waals surface area contributed by atoms with Crippen molar-refractivity contribution < 1.29 is 0 Å². The summed E-state index contributed by atoms with van der Waals surface area (Å²) in [6, 6.07) is 15.5. The maximum absolute atomic E-state index is 4.70. The molecule has 1 aromatic heterocycles. The molecule has 0 N–H and O–H groups in total. The van der Waals surface area contributed by atoms with Crippen LogP contribution < -0.4 is 4.90 Å². The molecule has 1 unspecified atom stereocenters. The van der Waals surface area contributed by atoms with Gasteiger partial charge in [-0.3, -0.25) is 4.90 Å². The average molecular weight is 360 g/mol. The molecular formula is C18H22BrN3. The molecule has 0 spiro atoms. The van der Waals surface area contributed by atoms with Crippen LogP contribution in [-0.4, -0.2) is 35.6 Å². The molecular weight excluding hydrogens is 338 g/mol. The molecule has 0 aliphatic carbocycles. The fourth-order valence-corrected chi connectivity index (χ4v) is 3.18. The summed E-state index contributed by atoms with van der Waals surface area (Å²) >= 11 is 3.52. The van der Waals surface area contributed by atoms with Crippen LogP contribution in [0.4, 0.5) is 5.82 Å². The molecule has 0 bridgehead atoms. The predicted octanol–water partition coefficient (Wildman–Crippen LogP) is 3.86. The molecule has 1 aliphatic rings. The van der Waals surface area contributed by atoms with Gasteiger partial charge in [0.05, 0.1) is 5.69 Å². The van der Waals surface area contributed by atoms with E-state index in [0.29, 0.717) is 6.04 Å². The van der Waals surface area contributed by atoms with Crippen molar-refractivity contribution >= 4 is 21.7 Å². The van der Waals surface area contributed by atoms with Crippen molar-refractivity contribution in [3.05, 3.63) is 58.2 Å². The lowest BCUT2D eigenvalue weighted by atomic mass is 10.1. The van der Waals surface area contributed by atoms with Crippen LogP contribution in [0.1, 0.15) is 18.2 Å². The lowest BCUT2D eigenvalue weighted by molar-refractivity contribution is 0.180. The highest BCUT2D eigenvalue weighted by atomic mass is 79.9. The first kappa shape index (κ1) is 15.5. The largest absolute Gasteiger partial charge is 0.354 e. The maximum Gasteiger partial charge on any atom is 0.128 e. The number of hydrogen-bond acceptors (Lipinski definition) is 3. The SMILES string of the molecule is Cc1nc(N2CCN(Cc3ccccc3)C(C)C2)ccc1Br. The number of anilines is 1. The van der Waals surface area contributed by atoms with Gasteiger partial charge in [-0.05, 0) is 47.5 Å². The standard InChI is InChI=1S/C18H22BrN3/c1-14-12-22(18-9-8-17(19)15(2)20-18)11-10-21(14)13-16-6-4-3-5-7-16/h3-9,14H,10-13H2,1-2H3. The normalized spacial score (nSPS) is 19.4. The monoisotopic (exact) mass is 359 g/mol. The van der Waals surface area contributed by atoms with Crippen molar-refractivity contribution in [1.29, 1.82) is 0 Å². The van der Waals surface area contributed by atoms with E-state index in [1.807, 2.05) is 6.92 Å². The van der Waals surface area contributed by atoms with Crippen LogP contribution >= 0.6 is 15.9 Å². The van der Waals surface area contributed by atoms with E-state index < -0.39 is 0 Å². The van der Waals surface area contributed by atoms with Gasteiger partial charge in [-0.25, -0.2) is 4.98 Å². The fraction of sp³-hybridized carbons (Fsp3) is 0.389. The Hall–Kier alpha value is -1.39. The molecule has 0 saturated carbocycles. The highest BCUT2D eigenvalue weighted by Gasteiger charge is 2.24. The van der Waals surface area contributed by atoms with Gasteiger partial charge in [0, 0.05) is 36.7 Å². The number of pyridine rings is 1. The lowest BCUT2D eigenvalue weighted by Crippen LogP contribution is -2.51. The van der Waals surface area contributed by atoms with Gasteiger partial charge in [0.15, 0.2) is 0 Å². The third-order valence-electron chi connectivity index (χ3n) is 4.32. The van der Waals surface area contributed by atoms with Crippen molar-refractivity contribution in [1.82, 2.24) is 9.88 Å². The van der Waals surface area contributed by atoms with Crippen LogP contribution in [-0.2, 0) is 6.54 Å². The molecule has 1 aliphatic heterocycles. The summed E-state index contributed by atoms with van der Waals surface area (Å²) in [5.41, 5.74) is 2.44. The van der Waals surface area contributed by atoms with E-state index >= 15 is 0 Å². The van der Waals surface area contributed by atoms with E-state index in [9.17, 15) is 0 Å². The molecule has 0 radical (unpaired) electrons. The average Bonchev–Trinajstić information content (AvgIpc) is 2.53. The smallest absolute Gasteiger partial charge is 0.128 e. The molecule has 3 rings (SSSR count). The molecule has 2 aromatic rings. The van der Waals surface area contributed by atoms with Crippen molar-refractivity contribution in [3.63, 3.8) is 0 Å². The van der Waals surface area contributed by atoms with Gasteiger partial charge in [-0.15, -0.1) is 0 Å². The van der Waals surface area contributed by atoms with Crippen molar-refractivity contribution in [2.24, 2.45) is 0 Å². The van der Waals surface area contributed by atoms with Gasteiger partial charge >= 0.3 is 0 Å². The summed E-state index contributed by atoms with van der Waals surface area (Å²) in [7, 11) is 0. The predicted molar refractivity (Wildman–Crippen MR) is 95.2 cm³/mol. The highest BCUT2D eigenvalue weighted by molar-refractivity contribution is 9.10. The second-order valence-corrected chi connectivity index (χ2v) is 6.84. The van der Waals surface area contributed by atoms with E-state index in [1.165, 1.54) is 5.56 Å². The van der Waals surface area contributed by atoms with Crippen molar-refractivity contribution in [2.45, 2.75) is 26.4 Å². The Balaban J connectivity index is 1.65. The number of benzene rings is 1. The molecule has 1 saturated heterocycles. The molecule has 1 fully saturated rings. The zero-order chi connectivity index (χ0) is 15.5. The van der Waals surface area contributed by atoms with Gasteiger partial charge in [0.25, 0.3) is 0 Å². The Kier molecular flexibility index (Phi) is 4.79. The Morgan fingerprint density at radius 3 is 2.59 bits per heavy atom. The highest BCUT2D eigenvalue weighted by Crippen LogP contribution is 2.22. The first-order valence-electron chi connectivity index (χ1n) is 7.79. The topological polar surface area (TPSA) is 19.4 Å². The quantitative estimate of drug-likeness (QED) is 0.829. The summed E-state index contributed by atoms with van der Waals surface area (Å²) in [4.78, 5) is 9.65. The number of aryl methyl sites for hydroxylation is 1. The minimum atomic E-state index is 0.528. The van der Waals surface area contributed by atoms with E-state index in [2.05, 4.69) is 75.1 Å². The number of aromatic nitrogens is 1. The summed E-state index contributed by atoms with van der Waals surface area (Å²) in [5, 5.41) is 0. The Bertz CT molecular complexity index is 629. The van der Waals surface area contributed by atoms with Gasteiger partial charge in [-0.2, -0.15) is 0 Å². The second-order valence-electron chi connectivity index (χ2n) is 5.99. The minimum Gasteiger partial charge on any atom is -0.354 e. The van der Waals surface area contributed by atoms with E-state index in [0.717, 1.165) is 42.2 Å². The van der Waals surface area contributed by atoms with Crippen LogP contribution in [0.3, 0.4) is 0 Å². The van der Waals surface area contributed by atoms with Crippen LogP contribution in [0, 0.1) is 6.92 Å². The molecule has 116 valence electrons. The van der Waals surface area contributed by atoms with Crippen molar-refractivity contribution in [2.75, 3.05) is 24.5 Å². The zero-order valence-electron chi connectivity index (χ0n) is 13.2. The van der Waals surface area contributed by atoms with Crippen LogP contribution in [0.5, 0.6) is 0 Å². The van der Waals surface area contributed by atoms with Gasteiger partial charge in [0.1, 0.15) is 5.82 Å². The molecule has 2 heterocycles. The Morgan fingerprint density at radius 1 is 1.14 bits per heavy atom. The summed E-state index contributed by atoms with van der Waals surface area (Å²) < 4.78 is 1.08. The van der Waals surface area contributed by atoms with E-state index in [4.69, 9.17) is 4.98 Å². The maximum atomic E-state index is 4.70. The third kappa shape index (κ3) is 3.50. The molecule has 3 nitrogen and oxygen atoms in total. The first-order chi connectivity index (χ1) is 10.6. The second kappa shape index (κ2) is 6.80. The number of halogens is 1. The van der Waals surface area contributed by atoms with E-state index in [1.54, 1.807) is 0 Å².